The number of benzene rings is 1. The minimum Gasteiger partial charge on any atom is -0.480 e. The monoisotopic (exact) mass is 330 g/mol. The predicted molar refractivity (Wildman–Crippen MR) is 89.8 cm³/mol. The Kier molecular flexibility index (Phi) is 4.45. The first-order chi connectivity index (χ1) is 11.1. The Morgan fingerprint density at radius 3 is 2.87 bits per heavy atom. The maximum absolute atomic E-state index is 11.7. The molecule has 0 radical (unpaired) electrons. The van der Waals surface area contributed by atoms with Crippen molar-refractivity contribution in [3.05, 3.63) is 52.2 Å². The van der Waals surface area contributed by atoms with Gasteiger partial charge < -0.3 is 9.52 Å². The lowest BCUT2D eigenvalue weighted by Gasteiger charge is -2.22. The summed E-state index contributed by atoms with van der Waals surface area (Å²) in [5, 5.41) is 10.5. The molecule has 1 aromatic carbocycles. The number of hydrogen-bond acceptors (Lipinski definition) is 5. The van der Waals surface area contributed by atoms with Crippen molar-refractivity contribution in [2.24, 2.45) is 0 Å². The number of para-hydroxylation sites is 1. The van der Waals surface area contributed by atoms with Crippen molar-refractivity contribution < 1.29 is 14.3 Å². The highest BCUT2D eigenvalue weighted by Gasteiger charge is 2.28. The molecule has 0 saturated carbocycles. The van der Waals surface area contributed by atoms with Crippen LogP contribution in [0, 0.1) is 6.92 Å². The summed E-state index contributed by atoms with van der Waals surface area (Å²) in [5.41, 5.74) is 3.54. The number of aromatic nitrogens is 1. The molecule has 1 N–H and O–H groups in total. The van der Waals surface area contributed by atoms with E-state index in [4.69, 9.17) is 4.42 Å². The second-order valence-electron chi connectivity index (χ2n) is 5.52. The molecule has 1 atom stereocenters. The Balaban J connectivity index is 1.80. The number of furan rings is 1. The van der Waals surface area contributed by atoms with Crippen molar-refractivity contribution in [3.63, 3.8) is 0 Å². The fraction of sp³-hybridized carbons (Fsp3) is 0.294. The molecule has 2 heterocycles. The van der Waals surface area contributed by atoms with Crippen molar-refractivity contribution in [1.82, 2.24) is 9.88 Å². The summed E-state index contributed by atoms with van der Waals surface area (Å²) >= 11 is 1.60. The number of thiazole rings is 1. The minimum atomic E-state index is -0.910. The topological polar surface area (TPSA) is 66.6 Å². The molecule has 0 unspecified atom stereocenters. The minimum absolute atomic E-state index is 0.460. The molecule has 0 bridgehead atoms. The van der Waals surface area contributed by atoms with Gasteiger partial charge in [-0.05, 0) is 32.5 Å². The SMILES string of the molecule is Cc1ncsc1CCN(C)[C@@H](C(=O)O)c1cc2ccccc2o1. The van der Waals surface area contributed by atoms with Gasteiger partial charge in [-0.25, -0.2) is 4.98 Å². The van der Waals surface area contributed by atoms with E-state index in [9.17, 15) is 9.90 Å². The van der Waals surface area contributed by atoms with E-state index >= 15 is 0 Å². The van der Waals surface area contributed by atoms with E-state index in [0.717, 1.165) is 17.5 Å². The van der Waals surface area contributed by atoms with Crippen molar-refractivity contribution >= 4 is 28.3 Å². The van der Waals surface area contributed by atoms with Gasteiger partial charge in [0.05, 0.1) is 11.2 Å². The molecule has 3 aromatic rings. The van der Waals surface area contributed by atoms with Crippen LogP contribution in [0.3, 0.4) is 0 Å². The van der Waals surface area contributed by atoms with Gasteiger partial charge >= 0.3 is 5.97 Å². The third-order valence-corrected chi connectivity index (χ3v) is 4.92. The number of carbonyl (C=O) groups is 1. The summed E-state index contributed by atoms with van der Waals surface area (Å²) in [6, 6.07) is 8.56. The van der Waals surface area contributed by atoms with E-state index in [2.05, 4.69) is 4.98 Å². The molecular weight excluding hydrogens is 312 g/mol. The summed E-state index contributed by atoms with van der Waals surface area (Å²) in [7, 11) is 1.81. The van der Waals surface area contributed by atoms with Crippen LogP contribution in [0.4, 0.5) is 0 Å². The molecule has 0 aliphatic carbocycles. The second-order valence-corrected chi connectivity index (χ2v) is 6.46. The van der Waals surface area contributed by atoms with Crippen molar-refractivity contribution in [3.8, 4) is 0 Å². The third kappa shape index (κ3) is 3.28. The van der Waals surface area contributed by atoms with Crippen LogP contribution in [0.15, 0.2) is 40.3 Å². The van der Waals surface area contributed by atoms with Crippen molar-refractivity contribution in [2.75, 3.05) is 13.6 Å². The molecule has 0 spiro atoms. The van der Waals surface area contributed by atoms with E-state index in [1.54, 1.807) is 16.2 Å². The van der Waals surface area contributed by atoms with Gasteiger partial charge in [-0.15, -0.1) is 11.3 Å². The summed E-state index contributed by atoms with van der Waals surface area (Å²) in [6.07, 6.45) is 0.775. The molecule has 6 heteroatoms. The number of likely N-dealkylation sites (N-methyl/N-ethyl adjacent to an activating group) is 1. The van der Waals surface area contributed by atoms with Crippen LogP contribution in [0.5, 0.6) is 0 Å². The molecule has 0 fully saturated rings. The molecule has 23 heavy (non-hydrogen) atoms. The number of carboxylic acid groups (broad SMARTS) is 1. The third-order valence-electron chi connectivity index (χ3n) is 3.93. The average molecular weight is 330 g/mol. The zero-order chi connectivity index (χ0) is 16.4. The van der Waals surface area contributed by atoms with E-state index < -0.39 is 12.0 Å². The number of fused-ring (bicyclic) bond motifs is 1. The Bertz CT molecular complexity index is 791. The predicted octanol–water partition coefficient (Wildman–Crippen LogP) is 3.50. The number of aryl methyl sites for hydroxylation is 1. The van der Waals surface area contributed by atoms with E-state index in [0.29, 0.717) is 17.9 Å². The first-order valence-electron chi connectivity index (χ1n) is 7.36. The highest BCUT2D eigenvalue weighted by atomic mass is 32.1. The van der Waals surface area contributed by atoms with Gasteiger partial charge in [0.25, 0.3) is 0 Å². The first kappa shape index (κ1) is 15.7. The van der Waals surface area contributed by atoms with Gasteiger partial charge in [0.15, 0.2) is 6.04 Å². The molecule has 0 aliphatic rings. The van der Waals surface area contributed by atoms with Crippen molar-refractivity contribution in [1.29, 1.82) is 0 Å². The van der Waals surface area contributed by atoms with Gasteiger partial charge in [0, 0.05) is 16.8 Å². The summed E-state index contributed by atoms with van der Waals surface area (Å²) in [5.74, 6) is -0.449. The number of nitrogens with zero attached hydrogens (tertiary/aromatic N) is 2. The van der Waals surface area contributed by atoms with Gasteiger partial charge in [-0.2, -0.15) is 0 Å². The lowest BCUT2D eigenvalue weighted by molar-refractivity contribution is -0.143. The van der Waals surface area contributed by atoms with Gasteiger partial charge in [0.2, 0.25) is 0 Å². The molecule has 2 aromatic heterocycles. The van der Waals surface area contributed by atoms with Crippen molar-refractivity contribution in [2.45, 2.75) is 19.4 Å². The molecule has 0 amide bonds. The lowest BCUT2D eigenvalue weighted by atomic mass is 10.1. The Morgan fingerprint density at radius 2 is 2.22 bits per heavy atom. The van der Waals surface area contributed by atoms with Crippen LogP contribution < -0.4 is 0 Å². The van der Waals surface area contributed by atoms with Gasteiger partial charge in [-0.3, -0.25) is 9.69 Å². The second kappa shape index (κ2) is 6.52. The Hall–Kier alpha value is -2.18. The smallest absolute Gasteiger partial charge is 0.328 e. The zero-order valence-electron chi connectivity index (χ0n) is 13.0. The Labute approximate surface area is 138 Å². The summed E-state index contributed by atoms with van der Waals surface area (Å²) in [4.78, 5) is 19.0. The summed E-state index contributed by atoms with van der Waals surface area (Å²) < 4.78 is 5.74. The van der Waals surface area contributed by atoms with Gasteiger partial charge in [-0.1, -0.05) is 18.2 Å². The molecule has 3 rings (SSSR count). The number of hydrogen-bond donors (Lipinski definition) is 1. The van der Waals surface area contributed by atoms with Crippen LogP contribution >= 0.6 is 11.3 Å². The maximum atomic E-state index is 11.7. The molecule has 120 valence electrons. The number of carboxylic acids is 1. The largest absolute Gasteiger partial charge is 0.480 e. The summed E-state index contributed by atoms with van der Waals surface area (Å²) in [6.45, 7) is 2.59. The fourth-order valence-corrected chi connectivity index (χ4v) is 3.41. The highest BCUT2D eigenvalue weighted by molar-refractivity contribution is 7.09. The fourth-order valence-electron chi connectivity index (χ4n) is 2.64. The lowest BCUT2D eigenvalue weighted by Crippen LogP contribution is -2.32. The molecule has 0 aliphatic heterocycles. The van der Waals surface area contributed by atoms with Crippen LogP contribution in [0.25, 0.3) is 11.0 Å². The standard InChI is InChI=1S/C17H18N2O3S/c1-11-15(23-10-18-11)7-8-19(2)16(17(20)21)14-9-12-5-3-4-6-13(12)22-14/h3-6,9-10,16H,7-8H2,1-2H3,(H,20,21)/t16-/m1/s1. The number of rotatable bonds is 6. The number of aliphatic carboxylic acids is 1. The quantitative estimate of drug-likeness (QED) is 0.749. The zero-order valence-corrected chi connectivity index (χ0v) is 13.8. The molecule has 0 saturated heterocycles. The Morgan fingerprint density at radius 1 is 1.43 bits per heavy atom. The highest BCUT2D eigenvalue weighted by Crippen LogP contribution is 2.27. The van der Waals surface area contributed by atoms with E-state index in [1.165, 1.54) is 4.88 Å². The molecular formula is C17H18N2O3S. The van der Waals surface area contributed by atoms with Crippen LogP contribution in [-0.4, -0.2) is 34.6 Å². The molecule has 5 nitrogen and oxygen atoms in total. The van der Waals surface area contributed by atoms with Crippen LogP contribution in [0.2, 0.25) is 0 Å². The average Bonchev–Trinajstić information content (AvgIpc) is 3.10. The van der Waals surface area contributed by atoms with Crippen LogP contribution in [-0.2, 0) is 11.2 Å². The van der Waals surface area contributed by atoms with Crippen LogP contribution in [0.1, 0.15) is 22.4 Å². The van der Waals surface area contributed by atoms with E-state index in [1.807, 2.05) is 49.8 Å². The first-order valence-corrected chi connectivity index (χ1v) is 8.24. The normalized spacial score (nSPS) is 12.8. The van der Waals surface area contributed by atoms with Gasteiger partial charge in [0.1, 0.15) is 11.3 Å². The maximum Gasteiger partial charge on any atom is 0.328 e. The van der Waals surface area contributed by atoms with E-state index in [-0.39, 0.29) is 0 Å².